The molecule has 0 saturated heterocycles. The average Bonchev–Trinajstić information content (AvgIpc) is 2.58. The van der Waals surface area contributed by atoms with Gasteiger partial charge in [0.2, 0.25) is 0 Å². The van der Waals surface area contributed by atoms with Gasteiger partial charge in [0.05, 0.1) is 22.4 Å². The maximum absolute atomic E-state index is 6.24. The van der Waals surface area contributed by atoms with Crippen LogP contribution >= 0.6 is 15.9 Å². The Morgan fingerprint density at radius 1 is 1.44 bits per heavy atom. The van der Waals surface area contributed by atoms with E-state index in [0.717, 1.165) is 15.7 Å². The molecule has 4 heteroatoms. The summed E-state index contributed by atoms with van der Waals surface area (Å²) >= 11 is 3.47. The van der Waals surface area contributed by atoms with Gasteiger partial charge in [-0.25, -0.2) is 0 Å². The van der Waals surface area contributed by atoms with Gasteiger partial charge in [-0.3, -0.25) is 4.68 Å². The van der Waals surface area contributed by atoms with E-state index in [0.29, 0.717) is 0 Å². The molecule has 16 heavy (non-hydrogen) atoms. The number of hydrogen-bond donors (Lipinski definition) is 1. The topological polar surface area (TPSA) is 43.8 Å². The molecular formula is C12H14BrN3. The standard InChI is InChI=1S/C12H14BrN3/c1-8-4-3-5-9(6-8)11(14)12-10(13)7-15-16(12)2/h3-7,11H,14H2,1-2H3. The second kappa shape index (κ2) is 4.39. The number of halogens is 1. The van der Waals surface area contributed by atoms with Crippen molar-refractivity contribution < 1.29 is 0 Å². The first-order chi connectivity index (χ1) is 7.59. The number of aromatic nitrogens is 2. The number of aryl methyl sites for hydroxylation is 2. The van der Waals surface area contributed by atoms with Crippen molar-refractivity contribution >= 4 is 15.9 Å². The van der Waals surface area contributed by atoms with Gasteiger partial charge < -0.3 is 5.73 Å². The number of rotatable bonds is 2. The van der Waals surface area contributed by atoms with Crippen LogP contribution in [-0.4, -0.2) is 9.78 Å². The third kappa shape index (κ3) is 2.03. The Hall–Kier alpha value is -1.13. The minimum atomic E-state index is -0.151. The summed E-state index contributed by atoms with van der Waals surface area (Å²) in [6.45, 7) is 2.06. The van der Waals surface area contributed by atoms with Gasteiger partial charge in [-0.15, -0.1) is 0 Å². The Morgan fingerprint density at radius 3 is 2.75 bits per heavy atom. The fourth-order valence-electron chi connectivity index (χ4n) is 1.79. The molecule has 0 aliphatic rings. The molecule has 1 unspecified atom stereocenters. The van der Waals surface area contributed by atoms with Crippen LogP contribution in [0.4, 0.5) is 0 Å². The van der Waals surface area contributed by atoms with E-state index in [1.165, 1.54) is 5.56 Å². The van der Waals surface area contributed by atoms with Crippen LogP contribution in [-0.2, 0) is 7.05 Å². The SMILES string of the molecule is Cc1cccc(C(N)c2c(Br)cnn2C)c1. The second-order valence-electron chi connectivity index (χ2n) is 3.89. The second-order valence-corrected chi connectivity index (χ2v) is 4.75. The van der Waals surface area contributed by atoms with Gasteiger partial charge >= 0.3 is 0 Å². The molecule has 0 aliphatic heterocycles. The summed E-state index contributed by atoms with van der Waals surface area (Å²) in [5.74, 6) is 0. The van der Waals surface area contributed by atoms with Gasteiger partial charge in [0.1, 0.15) is 0 Å². The lowest BCUT2D eigenvalue weighted by Crippen LogP contribution is -2.16. The molecule has 2 rings (SSSR count). The highest BCUT2D eigenvalue weighted by atomic mass is 79.9. The molecule has 1 atom stereocenters. The molecule has 0 radical (unpaired) electrons. The van der Waals surface area contributed by atoms with E-state index in [9.17, 15) is 0 Å². The molecule has 2 aromatic rings. The maximum atomic E-state index is 6.24. The summed E-state index contributed by atoms with van der Waals surface area (Å²) < 4.78 is 2.75. The Balaban J connectivity index is 2.43. The van der Waals surface area contributed by atoms with E-state index in [2.05, 4.69) is 40.1 Å². The minimum Gasteiger partial charge on any atom is -0.319 e. The third-order valence-electron chi connectivity index (χ3n) is 2.63. The number of benzene rings is 1. The Morgan fingerprint density at radius 2 is 2.19 bits per heavy atom. The molecule has 3 nitrogen and oxygen atoms in total. The highest BCUT2D eigenvalue weighted by Gasteiger charge is 2.16. The van der Waals surface area contributed by atoms with Gasteiger partial charge in [0.15, 0.2) is 0 Å². The lowest BCUT2D eigenvalue weighted by atomic mass is 10.0. The first kappa shape index (κ1) is 11.4. The summed E-state index contributed by atoms with van der Waals surface area (Å²) in [7, 11) is 1.90. The largest absolute Gasteiger partial charge is 0.319 e. The number of nitrogens with zero attached hydrogens (tertiary/aromatic N) is 2. The van der Waals surface area contributed by atoms with Gasteiger partial charge in [0.25, 0.3) is 0 Å². The maximum Gasteiger partial charge on any atom is 0.0735 e. The Labute approximate surface area is 103 Å². The monoisotopic (exact) mass is 279 g/mol. The zero-order chi connectivity index (χ0) is 11.7. The van der Waals surface area contributed by atoms with Crippen LogP contribution in [0, 0.1) is 6.92 Å². The molecule has 0 aliphatic carbocycles. The van der Waals surface area contributed by atoms with Crippen molar-refractivity contribution in [2.75, 3.05) is 0 Å². The zero-order valence-corrected chi connectivity index (χ0v) is 10.9. The van der Waals surface area contributed by atoms with Gasteiger partial charge in [-0.05, 0) is 28.4 Å². The highest BCUT2D eigenvalue weighted by molar-refractivity contribution is 9.10. The minimum absolute atomic E-state index is 0.151. The van der Waals surface area contributed by atoms with Gasteiger partial charge in [0, 0.05) is 7.05 Å². The molecule has 1 aromatic heterocycles. The van der Waals surface area contributed by atoms with Gasteiger partial charge in [-0.1, -0.05) is 29.8 Å². The van der Waals surface area contributed by atoms with Crippen molar-refractivity contribution in [3.63, 3.8) is 0 Å². The Kier molecular flexibility index (Phi) is 3.12. The summed E-state index contributed by atoms with van der Waals surface area (Å²) in [5.41, 5.74) is 9.55. The summed E-state index contributed by atoms with van der Waals surface area (Å²) in [6.07, 6.45) is 1.77. The Bertz CT molecular complexity index is 485. The van der Waals surface area contributed by atoms with Crippen LogP contribution in [0.3, 0.4) is 0 Å². The van der Waals surface area contributed by atoms with E-state index in [1.54, 1.807) is 10.9 Å². The van der Waals surface area contributed by atoms with Crippen molar-refractivity contribution in [3.8, 4) is 0 Å². The lowest BCUT2D eigenvalue weighted by Gasteiger charge is -2.14. The van der Waals surface area contributed by atoms with Crippen LogP contribution in [0.15, 0.2) is 34.9 Å². The molecule has 0 spiro atoms. The molecule has 0 saturated carbocycles. The molecule has 0 bridgehead atoms. The first-order valence-corrected chi connectivity index (χ1v) is 5.88. The van der Waals surface area contributed by atoms with Crippen LogP contribution in [0.5, 0.6) is 0 Å². The number of hydrogen-bond acceptors (Lipinski definition) is 2. The van der Waals surface area contributed by atoms with Crippen molar-refractivity contribution in [1.29, 1.82) is 0 Å². The van der Waals surface area contributed by atoms with E-state index >= 15 is 0 Å². The molecular weight excluding hydrogens is 266 g/mol. The third-order valence-corrected chi connectivity index (χ3v) is 3.24. The predicted octanol–water partition coefficient (Wildman–Crippen LogP) is 2.54. The lowest BCUT2D eigenvalue weighted by molar-refractivity contribution is 0.671. The van der Waals surface area contributed by atoms with E-state index < -0.39 is 0 Å². The molecule has 1 aromatic carbocycles. The molecule has 2 N–H and O–H groups in total. The summed E-state index contributed by atoms with van der Waals surface area (Å²) in [5, 5.41) is 4.17. The van der Waals surface area contributed by atoms with Crippen LogP contribution in [0.2, 0.25) is 0 Å². The van der Waals surface area contributed by atoms with Crippen LogP contribution in [0.25, 0.3) is 0 Å². The quantitative estimate of drug-likeness (QED) is 0.918. The van der Waals surface area contributed by atoms with Gasteiger partial charge in [-0.2, -0.15) is 5.10 Å². The van der Waals surface area contributed by atoms with E-state index in [4.69, 9.17) is 5.73 Å². The van der Waals surface area contributed by atoms with E-state index in [-0.39, 0.29) is 6.04 Å². The van der Waals surface area contributed by atoms with E-state index in [1.807, 2.05) is 19.2 Å². The predicted molar refractivity (Wildman–Crippen MR) is 68.1 cm³/mol. The van der Waals surface area contributed by atoms with Crippen LogP contribution < -0.4 is 5.73 Å². The van der Waals surface area contributed by atoms with Crippen LogP contribution in [0.1, 0.15) is 22.9 Å². The summed E-state index contributed by atoms with van der Waals surface area (Å²) in [6, 6.07) is 8.08. The first-order valence-electron chi connectivity index (χ1n) is 5.09. The molecule has 0 fully saturated rings. The normalized spacial score (nSPS) is 12.8. The molecule has 1 heterocycles. The van der Waals surface area contributed by atoms with Crippen molar-refractivity contribution in [3.05, 3.63) is 51.8 Å². The average molecular weight is 280 g/mol. The highest BCUT2D eigenvalue weighted by Crippen LogP contribution is 2.26. The van der Waals surface area contributed by atoms with Crippen molar-refractivity contribution in [2.24, 2.45) is 12.8 Å². The fourth-order valence-corrected chi connectivity index (χ4v) is 2.39. The smallest absolute Gasteiger partial charge is 0.0735 e. The number of nitrogens with two attached hydrogens (primary N) is 1. The van der Waals surface area contributed by atoms with Crippen molar-refractivity contribution in [1.82, 2.24) is 9.78 Å². The van der Waals surface area contributed by atoms with Crippen molar-refractivity contribution in [2.45, 2.75) is 13.0 Å². The summed E-state index contributed by atoms with van der Waals surface area (Å²) in [4.78, 5) is 0. The molecule has 0 amide bonds. The fraction of sp³-hybridized carbons (Fsp3) is 0.250. The zero-order valence-electron chi connectivity index (χ0n) is 9.31. The molecule has 84 valence electrons.